The maximum atomic E-state index is 4.97. The van der Waals surface area contributed by atoms with Gasteiger partial charge in [0, 0.05) is 11.5 Å². The highest BCUT2D eigenvalue weighted by atomic mass is 31.1. The molecule has 1 aromatic heterocycles. The van der Waals surface area contributed by atoms with Gasteiger partial charge in [0.1, 0.15) is 0 Å². The largest absolute Gasteiger partial charge is 0.255 e. The van der Waals surface area contributed by atoms with Gasteiger partial charge in [-0.15, -0.1) is 0 Å². The minimum Gasteiger partial charge on any atom is -0.255 e. The first-order valence-electron chi connectivity index (χ1n) is 9.29. The normalized spacial score (nSPS) is 11.6. The minimum absolute atomic E-state index is 0.694. The Balaban J connectivity index is 1.85. The van der Waals surface area contributed by atoms with Crippen LogP contribution in [0.5, 0.6) is 0 Å². The molecule has 0 bridgehead atoms. The van der Waals surface area contributed by atoms with Gasteiger partial charge in [-0.25, -0.2) is 0 Å². The van der Waals surface area contributed by atoms with Crippen molar-refractivity contribution in [2.75, 3.05) is 0 Å². The first-order chi connectivity index (χ1) is 13.8. The summed E-state index contributed by atoms with van der Waals surface area (Å²) in [6, 6.07) is 35.8. The Hall–Kier alpha value is -3.09. The van der Waals surface area contributed by atoms with E-state index in [4.69, 9.17) is 4.99 Å². The summed E-state index contributed by atoms with van der Waals surface area (Å²) < 4.78 is 0. The van der Waals surface area contributed by atoms with E-state index < -0.39 is 7.92 Å². The topological polar surface area (TPSA) is 25.2 Å². The number of hydrogen-bond acceptors (Lipinski definition) is 2. The summed E-state index contributed by atoms with van der Waals surface area (Å²) >= 11 is 0. The van der Waals surface area contributed by atoms with E-state index in [-0.39, 0.29) is 0 Å². The average Bonchev–Trinajstić information content (AvgIpc) is 2.77. The zero-order valence-electron chi connectivity index (χ0n) is 15.7. The van der Waals surface area contributed by atoms with Crippen LogP contribution in [0, 0.1) is 0 Å². The molecule has 2 nitrogen and oxygen atoms in total. The number of benzene rings is 3. The second-order valence-electron chi connectivity index (χ2n) is 6.41. The molecular formula is C25H21N2P. The smallest absolute Gasteiger partial charge is 0.0841 e. The highest BCUT2D eigenvalue weighted by molar-refractivity contribution is 7.80. The van der Waals surface area contributed by atoms with Crippen molar-refractivity contribution in [1.29, 1.82) is 0 Å². The van der Waals surface area contributed by atoms with Crippen LogP contribution in [0.25, 0.3) is 0 Å². The third-order valence-corrected chi connectivity index (χ3v) is 6.96. The predicted molar refractivity (Wildman–Crippen MR) is 121 cm³/mol. The molecule has 0 radical (unpaired) electrons. The lowest BCUT2D eigenvalue weighted by Crippen LogP contribution is -2.21. The molecule has 0 atom stereocenters. The van der Waals surface area contributed by atoms with Gasteiger partial charge < -0.3 is 0 Å². The summed E-state index contributed by atoms with van der Waals surface area (Å²) in [4.78, 5) is 9.41. The van der Waals surface area contributed by atoms with Crippen molar-refractivity contribution in [2.45, 2.75) is 6.92 Å². The molecule has 3 heteroatoms. The van der Waals surface area contributed by atoms with Crippen molar-refractivity contribution in [3.05, 3.63) is 115 Å². The number of aromatic nitrogens is 1. The summed E-state index contributed by atoms with van der Waals surface area (Å²) in [5.41, 5.74) is 2.83. The lowest BCUT2D eigenvalue weighted by Gasteiger charge is -2.21. The van der Waals surface area contributed by atoms with Crippen molar-refractivity contribution >= 4 is 35.2 Å². The first kappa shape index (κ1) is 18.3. The number of pyridine rings is 1. The molecule has 1 heterocycles. The van der Waals surface area contributed by atoms with Gasteiger partial charge in [0.15, 0.2) is 0 Å². The molecule has 0 aliphatic carbocycles. The quantitative estimate of drug-likeness (QED) is 0.354. The van der Waals surface area contributed by atoms with Crippen LogP contribution in [0.4, 0.5) is 5.69 Å². The predicted octanol–water partition coefficient (Wildman–Crippen LogP) is 4.98. The van der Waals surface area contributed by atoms with E-state index in [1.54, 1.807) is 6.20 Å². The fraction of sp³-hybridized carbons (Fsp3) is 0.0400. The summed E-state index contributed by atoms with van der Waals surface area (Å²) in [5, 5.41) is 3.90. The Morgan fingerprint density at radius 1 is 0.679 bits per heavy atom. The fourth-order valence-electron chi connectivity index (χ4n) is 3.14. The SMILES string of the molecule is CC(=Nc1ccccc1P(c1ccccc1)c1ccccc1)c1ccccn1. The van der Waals surface area contributed by atoms with Gasteiger partial charge in [-0.3, -0.25) is 9.98 Å². The van der Waals surface area contributed by atoms with Crippen LogP contribution < -0.4 is 15.9 Å². The first-order valence-corrected chi connectivity index (χ1v) is 10.6. The highest BCUT2D eigenvalue weighted by Crippen LogP contribution is 2.36. The monoisotopic (exact) mass is 380 g/mol. The van der Waals surface area contributed by atoms with E-state index in [1.807, 2.05) is 25.1 Å². The van der Waals surface area contributed by atoms with Crippen molar-refractivity contribution in [1.82, 2.24) is 4.98 Å². The number of rotatable bonds is 5. The van der Waals surface area contributed by atoms with Gasteiger partial charge in [-0.05, 0) is 43.7 Å². The molecule has 0 aliphatic heterocycles. The van der Waals surface area contributed by atoms with Crippen molar-refractivity contribution in [3.8, 4) is 0 Å². The number of aliphatic imine (C=N–C) groups is 1. The van der Waals surface area contributed by atoms with Crippen LogP contribution in [-0.2, 0) is 0 Å². The Labute approximate surface area is 167 Å². The Morgan fingerprint density at radius 3 is 1.86 bits per heavy atom. The molecule has 136 valence electrons. The maximum absolute atomic E-state index is 4.97. The molecule has 3 aromatic carbocycles. The minimum atomic E-state index is -0.694. The van der Waals surface area contributed by atoms with Crippen molar-refractivity contribution < 1.29 is 0 Å². The Kier molecular flexibility index (Phi) is 5.70. The third kappa shape index (κ3) is 4.08. The van der Waals surface area contributed by atoms with Crippen molar-refractivity contribution in [2.24, 2.45) is 4.99 Å². The maximum Gasteiger partial charge on any atom is 0.0841 e. The second-order valence-corrected chi connectivity index (χ2v) is 8.59. The van der Waals surface area contributed by atoms with Gasteiger partial charge in [0.2, 0.25) is 0 Å². The van der Waals surface area contributed by atoms with Crippen LogP contribution >= 0.6 is 7.92 Å². The highest BCUT2D eigenvalue weighted by Gasteiger charge is 2.19. The van der Waals surface area contributed by atoms with Crippen LogP contribution in [0.3, 0.4) is 0 Å². The molecular weight excluding hydrogens is 359 g/mol. The Morgan fingerprint density at radius 2 is 1.25 bits per heavy atom. The van der Waals surface area contributed by atoms with E-state index in [0.717, 1.165) is 17.1 Å². The molecule has 4 aromatic rings. The zero-order valence-corrected chi connectivity index (χ0v) is 16.6. The standard InChI is InChI=1S/C25H21N2P/c1-20(23-16-10-11-19-26-23)27-24-17-8-9-18-25(24)28(21-12-4-2-5-13-21)22-14-6-3-7-15-22/h2-19H,1H3. The van der Waals surface area contributed by atoms with E-state index >= 15 is 0 Å². The van der Waals surface area contributed by atoms with Crippen LogP contribution in [0.2, 0.25) is 0 Å². The van der Waals surface area contributed by atoms with Crippen LogP contribution in [0.15, 0.2) is 114 Å². The second kappa shape index (κ2) is 8.73. The molecule has 0 spiro atoms. The van der Waals surface area contributed by atoms with E-state index in [2.05, 4.69) is 89.9 Å². The van der Waals surface area contributed by atoms with Crippen molar-refractivity contribution in [3.63, 3.8) is 0 Å². The van der Waals surface area contributed by atoms with E-state index in [0.29, 0.717) is 0 Å². The molecule has 0 N–H and O–H groups in total. The zero-order chi connectivity index (χ0) is 19.2. The molecule has 0 fully saturated rings. The molecule has 0 aliphatic rings. The summed E-state index contributed by atoms with van der Waals surface area (Å²) in [5.74, 6) is 0. The fourth-order valence-corrected chi connectivity index (χ4v) is 5.53. The third-order valence-electron chi connectivity index (χ3n) is 4.48. The van der Waals surface area contributed by atoms with Gasteiger partial charge >= 0.3 is 0 Å². The molecule has 4 rings (SSSR count). The van der Waals surface area contributed by atoms with Crippen LogP contribution in [-0.4, -0.2) is 10.7 Å². The Bertz CT molecular complexity index is 1020. The number of nitrogens with zero attached hydrogens (tertiary/aromatic N) is 2. The van der Waals surface area contributed by atoms with E-state index in [9.17, 15) is 0 Å². The van der Waals surface area contributed by atoms with E-state index in [1.165, 1.54) is 15.9 Å². The molecule has 0 amide bonds. The summed E-state index contributed by atoms with van der Waals surface area (Å²) in [7, 11) is -0.694. The summed E-state index contributed by atoms with van der Waals surface area (Å²) in [6.07, 6.45) is 1.81. The number of hydrogen-bond donors (Lipinski definition) is 0. The van der Waals surface area contributed by atoms with Crippen LogP contribution in [0.1, 0.15) is 12.6 Å². The van der Waals surface area contributed by atoms with Gasteiger partial charge in [-0.1, -0.05) is 84.9 Å². The van der Waals surface area contributed by atoms with Gasteiger partial charge in [0.05, 0.1) is 17.1 Å². The molecule has 0 saturated carbocycles. The molecule has 0 unspecified atom stereocenters. The lowest BCUT2D eigenvalue weighted by atomic mass is 10.2. The average molecular weight is 380 g/mol. The number of para-hydroxylation sites is 1. The summed E-state index contributed by atoms with van der Waals surface area (Å²) in [6.45, 7) is 2.02. The van der Waals surface area contributed by atoms with Gasteiger partial charge in [0.25, 0.3) is 0 Å². The van der Waals surface area contributed by atoms with Gasteiger partial charge in [-0.2, -0.15) is 0 Å². The molecule has 0 saturated heterocycles. The lowest BCUT2D eigenvalue weighted by molar-refractivity contribution is 1.28. The molecule has 28 heavy (non-hydrogen) atoms.